The van der Waals surface area contributed by atoms with Gasteiger partial charge in [-0.2, -0.15) is 0 Å². The summed E-state index contributed by atoms with van der Waals surface area (Å²) < 4.78 is 45.9. The van der Waals surface area contributed by atoms with Gasteiger partial charge in [0.05, 0.1) is 17.6 Å². The molecule has 0 atom stereocenters. The fraction of sp³-hybridized carbons (Fsp3) is 0.105. The number of carbonyl (C=O) groups excluding carboxylic acids is 1. The summed E-state index contributed by atoms with van der Waals surface area (Å²) in [5.74, 6) is -0.0225. The van der Waals surface area contributed by atoms with Gasteiger partial charge in [0.2, 0.25) is 5.88 Å². The van der Waals surface area contributed by atoms with Crippen LogP contribution in [0.15, 0.2) is 60.9 Å². The van der Waals surface area contributed by atoms with Crippen LogP contribution in [-0.2, 0) is 0 Å². The van der Waals surface area contributed by atoms with Crippen LogP contribution in [0.2, 0.25) is 0 Å². The average molecular weight is 389 g/mol. The van der Waals surface area contributed by atoms with Gasteiger partial charge >= 0.3 is 6.36 Å². The molecule has 1 amide bonds. The zero-order chi connectivity index (χ0) is 20.1. The van der Waals surface area contributed by atoms with Gasteiger partial charge in [-0.05, 0) is 49.4 Å². The highest BCUT2D eigenvalue weighted by Gasteiger charge is 2.31. The normalized spacial score (nSPS) is 11.0. The van der Waals surface area contributed by atoms with Crippen LogP contribution in [0.5, 0.6) is 17.4 Å². The first-order valence-corrected chi connectivity index (χ1v) is 8.03. The number of halogens is 3. The summed E-state index contributed by atoms with van der Waals surface area (Å²) in [6, 6.07) is 11.2. The van der Waals surface area contributed by atoms with Crippen LogP contribution in [0.4, 0.5) is 18.9 Å². The first kappa shape index (κ1) is 19.2. The Balaban J connectivity index is 1.62. The van der Waals surface area contributed by atoms with Crippen LogP contribution >= 0.6 is 0 Å². The fourth-order valence-corrected chi connectivity index (χ4v) is 2.22. The minimum Gasteiger partial charge on any atom is -0.437 e. The summed E-state index contributed by atoms with van der Waals surface area (Å²) in [7, 11) is 0. The summed E-state index contributed by atoms with van der Waals surface area (Å²) in [6.07, 6.45) is -1.73. The maximum atomic E-state index is 12.2. The van der Waals surface area contributed by atoms with E-state index < -0.39 is 18.0 Å². The maximum absolute atomic E-state index is 12.2. The second-order valence-electron chi connectivity index (χ2n) is 5.60. The van der Waals surface area contributed by atoms with Crippen molar-refractivity contribution >= 4 is 11.6 Å². The predicted octanol–water partition coefficient (Wildman–Crippen LogP) is 4.73. The SMILES string of the molecule is Cc1ncccc1Oc1ccc(NC(=O)c2ccc(OC(F)(F)F)cc2)cn1. The summed E-state index contributed by atoms with van der Waals surface area (Å²) >= 11 is 0. The van der Waals surface area contributed by atoms with E-state index in [0.717, 1.165) is 12.1 Å². The summed E-state index contributed by atoms with van der Waals surface area (Å²) in [6.45, 7) is 1.80. The van der Waals surface area contributed by atoms with Gasteiger partial charge in [-0.25, -0.2) is 4.98 Å². The second kappa shape index (κ2) is 7.95. The molecule has 0 bridgehead atoms. The molecule has 2 heterocycles. The summed E-state index contributed by atoms with van der Waals surface area (Å²) in [5, 5.41) is 2.60. The summed E-state index contributed by atoms with van der Waals surface area (Å²) in [4.78, 5) is 20.4. The molecule has 144 valence electrons. The number of nitrogens with zero attached hydrogens (tertiary/aromatic N) is 2. The van der Waals surface area contributed by atoms with E-state index in [-0.39, 0.29) is 5.56 Å². The Hall–Kier alpha value is -3.62. The minimum atomic E-state index is -4.78. The number of carbonyl (C=O) groups is 1. The highest BCUT2D eigenvalue weighted by Crippen LogP contribution is 2.24. The number of aryl methyl sites for hydroxylation is 1. The Morgan fingerprint density at radius 3 is 2.39 bits per heavy atom. The van der Waals surface area contributed by atoms with Crippen LogP contribution in [0, 0.1) is 6.92 Å². The lowest BCUT2D eigenvalue weighted by Crippen LogP contribution is -2.17. The molecule has 0 aliphatic rings. The molecule has 0 aliphatic carbocycles. The van der Waals surface area contributed by atoms with Gasteiger partial charge in [0.25, 0.3) is 5.91 Å². The van der Waals surface area contributed by atoms with E-state index >= 15 is 0 Å². The standard InChI is InChI=1S/C19H14F3N3O3/c1-12-16(3-2-10-23-12)27-17-9-6-14(11-24-17)25-18(26)13-4-7-15(8-5-13)28-19(20,21)22/h2-11H,1H3,(H,25,26). The Labute approximate surface area is 158 Å². The maximum Gasteiger partial charge on any atom is 0.573 e. The van der Waals surface area contributed by atoms with E-state index in [2.05, 4.69) is 20.0 Å². The van der Waals surface area contributed by atoms with Gasteiger partial charge in [0.15, 0.2) is 5.75 Å². The molecule has 1 aromatic carbocycles. The molecule has 0 saturated carbocycles. The quantitative estimate of drug-likeness (QED) is 0.683. The third-order valence-corrected chi connectivity index (χ3v) is 3.52. The number of anilines is 1. The van der Waals surface area contributed by atoms with Gasteiger partial charge in [-0.1, -0.05) is 0 Å². The van der Waals surface area contributed by atoms with E-state index in [0.29, 0.717) is 23.0 Å². The van der Waals surface area contributed by atoms with Crippen molar-refractivity contribution in [1.82, 2.24) is 9.97 Å². The smallest absolute Gasteiger partial charge is 0.437 e. The number of ether oxygens (including phenoxy) is 2. The molecule has 3 aromatic rings. The van der Waals surface area contributed by atoms with Crippen molar-refractivity contribution in [3.63, 3.8) is 0 Å². The van der Waals surface area contributed by atoms with E-state index in [1.807, 2.05) is 0 Å². The Kier molecular flexibility index (Phi) is 5.44. The highest BCUT2D eigenvalue weighted by molar-refractivity contribution is 6.04. The van der Waals surface area contributed by atoms with E-state index in [1.54, 1.807) is 37.4 Å². The third-order valence-electron chi connectivity index (χ3n) is 3.52. The van der Waals surface area contributed by atoms with Crippen molar-refractivity contribution in [2.75, 3.05) is 5.32 Å². The van der Waals surface area contributed by atoms with E-state index in [1.165, 1.54) is 18.3 Å². The molecular weight excluding hydrogens is 375 g/mol. The number of amides is 1. The highest BCUT2D eigenvalue weighted by atomic mass is 19.4. The van der Waals surface area contributed by atoms with Gasteiger partial charge < -0.3 is 14.8 Å². The largest absolute Gasteiger partial charge is 0.573 e. The minimum absolute atomic E-state index is 0.167. The molecular formula is C19H14F3N3O3. The average Bonchev–Trinajstić information content (AvgIpc) is 2.64. The summed E-state index contributed by atoms with van der Waals surface area (Å²) in [5.41, 5.74) is 1.27. The molecule has 28 heavy (non-hydrogen) atoms. The Morgan fingerprint density at radius 1 is 1.04 bits per heavy atom. The molecule has 0 aliphatic heterocycles. The zero-order valence-electron chi connectivity index (χ0n) is 14.5. The van der Waals surface area contributed by atoms with Crippen molar-refractivity contribution in [3.8, 4) is 17.4 Å². The lowest BCUT2D eigenvalue weighted by molar-refractivity contribution is -0.274. The molecule has 9 heteroatoms. The number of benzene rings is 1. The van der Waals surface area contributed by atoms with Gasteiger partial charge in [-0.3, -0.25) is 9.78 Å². The van der Waals surface area contributed by atoms with Crippen molar-refractivity contribution in [3.05, 3.63) is 72.2 Å². The lowest BCUT2D eigenvalue weighted by Gasteiger charge is -2.10. The first-order valence-electron chi connectivity index (χ1n) is 8.03. The molecule has 0 fully saturated rings. The van der Waals surface area contributed by atoms with Gasteiger partial charge in [0.1, 0.15) is 5.75 Å². The van der Waals surface area contributed by atoms with Gasteiger partial charge in [-0.15, -0.1) is 13.2 Å². The second-order valence-corrected chi connectivity index (χ2v) is 5.60. The van der Waals surface area contributed by atoms with Crippen molar-refractivity contribution in [2.45, 2.75) is 13.3 Å². The fourth-order valence-electron chi connectivity index (χ4n) is 2.22. The van der Waals surface area contributed by atoms with Crippen molar-refractivity contribution < 1.29 is 27.4 Å². The molecule has 6 nitrogen and oxygen atoms in total. The van der Waals surface area contributed by atoms with Crippen LogP contribution in [0.3, 0.4) is 0 Å². The lowest BCUT2D eigenvalue weighted by atomic mass is 10.2. The van der Waals surface area contributed by atoms with Crippen LogP contribution < -0.4 is 14.8 Å². The van der Waals surface area contributed by atoms with Gasteiger partial charge in [0, 0.05) is 17.8 Å². The Bertz CT molecular complexity index is 959. The zero-order valence-corrected chi connectivity index (χ0v) is 14.5. The van der Waals surface area contributed by atoms with Crippen LogP contribution in [0.1, 0.15) is 16.1 Å². The Morgan fingerprint density at radius 2 is 1.79 bits per heavy atom. The van der Waals surface area contributed by atoms with Crippen LogP contribution in [-0.4, -0.2) is 22.2 Å². The number of rotatable bonds is 5. The number of hydrogen-bond acceptors (Lipinski definition) is 5. The molecule has 0 spiro atoms. The van der Waals surface area contributed by atoms with Crippen molar-refractivity contribution in [1.29, 1.82) is 0 Å². The topological polar surface area (TPSA) is 73.3 Å². The molecule has 3 rings (SSSR count). The molecule has 0 saturated heterocycles. The predicted molar refractivity (Wildman–Crippen MR) is 94.4 cm³/mol. The first-order chi connectivity index (χ1) is 13.3. The van der Waals surface area contributed by atoms with E-state index in [9.17, 15) is 18.0 Å². The third kappa shape index (κ3) is 5.19. The van der Waals surface area contributed by atoms with E-state index in [4.69, 9.17) is 4.74 Å². The molecule has 0 unspecified atom stereocenters. The van der Waals surface area contributed by atoms with Crippen LogP contribution in [0.25, 0.3) is 0 Å². The van der Waals surface area contributed by atoms with Crippen molar-refractivity contribution in [2.24, 2.45) is 0 Å². The molecule has 1 N–H and O–H groups in total. The number of nitrogens with one attached hydrogen (secondary N) is 1. The number of alkyl halides is 3. The number of pyridine rings is 2. The number of aromatic nitrogens is 2. The molecule has 2 aromatic heterocycles. The monoisotopic (exact) mass is 389 g/mol. The number of hydrogen-bond donors (Lipinski definition) is 1. The molecule has 0 radical (unpaired) electrons.